The van der Waals surface area contributed by atoms with E-state index in [1.807, 2.05) is 47.3 Å². The third-order valence-corrected chi connectivity index (χ3v) is 3.98. The van der Waals surface area contributed by atoms with Crippen LogP contribution in [0.2, 0.25) is 0 Å². The second kappa shape index (κ2) is 5.10. The molecule has 0 aliphatic rings. The molecule has 4 nitrogen and oxygen atoms in total. The summed E-state index contributed by atoms with van der Waals surface area (Å²) in [6, 6.07) is 14.3. The maximum absolute atomic E-state index is 4.75. The van der Waals surface area contributed by atoms with Gasteiger partial charge in [0.25, 0.3) is 0 Å². The van der Waals surface area contributed by atoms with E-state index in [1.54, 1.807) is 11.3 Å². The first-order chi connectivity index (χ1) is 10.4. The molecule has 0 radical (unpaired) electrons. The van der Waals surface area contributed by atoms with Gasteiger partial charge in [-0.3, -0.25) is 4.57 Å². The van der Waals surface area contributed by atoms with Crippen molar-refractivity contribution in [2.75, 3.05) is 0 Å². The molecule has 0 saturated heterocycles. The molecule has 3 aromatic heterocycles. The van der Waals surface area contributed by atoms with Gasteiger partial charge >= 0.3 is 0 Å². The molecule has 0 saturated carbocycles. The van der Waals surface area contributed by atoms with Crippen LogP contribution in [0.25, 0.3) is 22.6 Å². The molecule has 0 fully saturated rings. The lowest BCUT2D eigenvalue weighted by Gasteiger charge is -2.04. The van der Waals surface area contributed by atoms with Crippen molar-refractivity contribution in [2.24, 2.45) is 0 Å². The highest BCUT2D eigenvalue weighted by Gasteiger charge is 2.16. The zero-order valence-corrected chi connectivity index (χ0v) is 12.1. The summed E-state index contributed by atoms with van der Waals surface area (Å²) in [5, 5.41) is 2.04. The van der Waals surface area contributed by atoms with Gasteiger partial charge in [0.2, 0.25) is 6.67 Å². The van der Waals surface area contributed by atoms with E-state index in [0.717, 1.165) is 22.6 Å². The highest BCUT2D eigenvalue weighted by molar-refractivity contribution is 7.07. The Bertz CT molecular complexity index is 866. The number of hydrogen-bond donors (Lipinski definition) is 0. The monoisotopic (exact) mass is 293 g/mol. The Balaban J connectivity index is 1.91. The van der Waals surface area contributed by atoms with Crippen LogP contribution < -0.4 is 4.57 Å². The Hall–Kier alpha value is -2.53. The predicted octanol–water partition coefficient (Wildman–Crippen LogP) is 2.95. The van der Waals surface area contributed by atoms with Crippen LogP contribution in [0.4, 0.5) is 0 Å². The number of thiazole rings is 1. The number of para-hydroxylation sites is 2. The number of aromatic nitrogens is 4. The zero-order valence-electron chi connectivity index (χ0n) is 11.3. The third-order valence-electron chi connectivity index (χ3n) is 3.40. The van der Waals surface area contributed by atoms with Gasteiger partial charge in [-0.1, -0.05) is 18.2 Å². The lowest BCUT2D eigenvalue weighted by atomic mass is 10.3. The quantitative estimate of drug-likeness (QED) is 0.544. The molecule has 1 aromatic carbocycles. The van der Waals surface area contributed by atoms with E-state index in [-0.39, 0.29) is 0 Å². The van der Waals surface area contributed by atoms with E-state index in [2.05, 4.69) is 32.6 Å². The molecule has 0 spiro atoms. The van der Waals surface area contributed by atoms with Crippen molar-refractivity contribution in [1.82, 2.24) is 14.5 Å². The zero-order chi connectivity index (χ0) is 14.1. The Labute approximate surface area is 126 Å². The van der Waals surface area contributed by atoms with Crippen molar-refractivity contribution in [3.8, 4) is 11.5 Å². The molecule has 0 amide bonds. The first kappa shape index (κ1) is 12.2. The minimum atomic E-state index is 0.716. The number of nitrogens with zero attached hydrogens (tertiary/aromatic N) is 4. The summed E-state index contributed by atoms with van der Waals surface area (Å²) in [6.45, 7) is 0.716. The topological polar surface area (TPSA) is 34.6 Å². The highest BCUT2D eigenvalue weighted by atomic mass is 32.1. The molecule has 0 aliphatic carbocycles. The van der Waals surface area contributed by atoms with Crippen molar-refractivity contribution in [3.05, 3.63) is 65.7 Å². The predicted molar refractivity (Wildman–Crippen MR) is 82.9 cm³/mol. The highest BCUT2D eigenvalue weighted by Crippen LogP contribution is 2.23. The molecule has 0 atom stereocenters. The first-order valence-electron chi connectivity index (χ1n) is 6.70. The summed E-state index contributed by atoms with van der Waals surface area (Å²) in [5.74, 6) is 0.911. The standard InChI is InChI=1S/C16H13N4S/c1-4-8-19(9-5-1)12-20-15-7-3-2-6-13(15)18-16(20)14-10-21-11-17-14/h1-11H,12H2/q+1. The number of pyridine rings is 1. The van der Waals surface area contributed by atoms with Crippen LogP contribution in [0, 0.1) is 0 Å². The van der Waals surface area contributed by atoms with Crippen LogP contribution in [0.3, 0.4) is 0 Å². The average molecular weight is 293 g/mol. The molecule has 4 rings (SSSR count). The molecular weight excluding hydrogens is 280 g/mol. The molecule has 4 aromatic rings. The van der Waals surface area contributed by atoms with E-state index in [1.165, 1.54) is 0 Å². The summed E-state index contributed by atoms with van der Waals surface area (Å²) in [6.07, 6.45) is 4.11. The Morgan fingerprint density at radius 1 is 1.05 bits per heavy atom. The SMILES string of the molecule is c1cc[n+](Cn2c(-c3cscn3)nc3ccccc32)cc1. The van der Waals surface area contributed by atoms with Crippen LogP contribution in [0.15, 0.2) is 65.7 Å². The van der Waals surface area contributed by atoms with E-state index in [4.69, 9.17) is 4.98 Å². The summed E-state index contributed by atoms with van der Waals surface area (Å²) in [7, 11) is 0. The van der Waals surface area contributed by atoms with E-state index < -0.39 is 0 Å². The van der Waals surface area contributed by atoms with Gasteiger partial charge in [-0.2, -0.15) is 4.57 Å². The Morgan fingerprint density at radius 2 is 1.90 bits per heavy atom. The van der Waals surface area contributed by atoms with Crippen molar-refractivity contribution in [3.63, 3.8) is 0 Å². The minimum Gasteiger partial charge on any atom is -0.265 e. The number of imidazole rings is 1. The molecule has 5 heteroatoms. The molecule has 102 valence electrons. The molecule has 3 heterocycles. The smallest absolute Gasteiger partial charge is 0.229 e. The Kier molecular flexibility index (Phi) is 2.97. The van der Waals surface area contributed by atoms with Crippen LogP contribution in [-0.2, 0) is 6.67 Å². The van der Waals surface area contributed by atoms with Crippen LogP contribution in [-0.4, -0.2) is 14.5 Å². The van der Waals surface area contributed by atoms with Gasteiger partial charge < -0.3 is 0 Å². The maximum atomic E-state index is 4.75. The van der Waals surface area contributed by atoms with Gasteiger partial charge in [0.05, 0.1) is 16.5 Å². The number of benzene rings is 1. The molecule has 0 bridgehead atoms. The second-order valence-electron chi connectivity index (χ2n) is 4.76. The van der Waals surface area contributed by atoms with E-state index in [9.17, 15) is 0 Å². The largest absolute Gasteiger partial charge is 0.265 e. The van der Waals surface area contributed by atoms with Crippen molar-refractivity contribution >= 4 is 22.4 Å². The fourth-order valence-electron chi connectivity index (χ4n) is 2.43. The summed E-state index contributed by atoms with van der Waals surface area (Å²) >= 11 is 1.59. The van der Waals surface area contributed by atoms with E-state index >= 15 is 0 Å². The van der Waals surface area contributed by atoms with Crippen LogP contribution >= 0.6 is 11.3 Å². The van der Waals surface area contributed by atoms with Crippen molar-refractivity contribution < 1.29 is 4.57 Å². The van der Waals surface area contributed by atoms with Crippen LogP contribution in [0.1, 0.15) is 0 Å². The van der Waals surface area contributed by atoms with E-state index in [0.29, 0.717) is 6.67 Å². The van der Waals surface area contributed by atoms with Gasteiger partial charge in [0.1, 0.15) is 5.69 Å². The fraction of sp³-hybridized carbons (Fsp3) is 0.0625. The van der Waals surface area contributed by atoms with Crippen molar-refractivity contribution in [2.45, 2.75) is 6.67 Å². The normalized spacial score (nSPS) is 11.0. The lowest BCUT2D eigenvalue weighted by molar-refractivity contribution is -0.700. The molecule has 0 N–H and O–H groups in total. The summed E-state index contributed by atoms with van der Waals surface area (Å²) < 4.78 is 4.33. The van der Waals surface area contributed by atoms with Gasteiger partial charge in [0.15, 0.2) is 18.2 Å². The molecule has 0 unspecified atom stereocenters. The number of fused-ring (bicyclic) bond motifs is 1. The first-order valence-corrected chi connectivity index (χ1v) is 7.64. The van der Waals surface area contributed by atoms with Gasteiger partial charge in [-0.05, 0) is 12.1 Å². The summed E-state index contributed by atoms with van der Waals surface area (Å²) in [4.78, 5) is 9.16. The average Bonchev–Trinajstić information content (AvgIpc) is 3.16. The maximum Gasteiger partial charge on any atom is 0.229 e. The molecule has 0 aliphatic heterocycles. The number of hydrogen-bond acceptors (Lipinski definition) is 3. The van der Waals surface area contributed by atoms with Gasteiger partial charge in [-0.25, -0.2) is 9.97 Å². The number of rotatable bonds is 3. The third kappa shape index (κ3) is 2.21. The fourth-order valence-corrected chi connectivity index (χ4v) is 2.96. The van der Waals surface area contributed by atoms with Crippen molar-refractivity contribution in [1.29, 1.82) is 0 Å². The minimum absolute atomic E-state index is 0.716. The van der Waals surface area contributed by atoms with Crippen LogP contribution in [0.5, 0.6) is 0 Å². The van der Waals surface area contributed by atoms with Gasteiger partial charge in [0, 0.05) is 17.5 Å². The summed E-state index contributed by atoms with van der Waals surface area (Å²) in [5.41, 5.74) is 4.89. The molecule has 21 heavy (non-hydrogen) atoms. The van der Waals surface area contributed by atoms with Gasteiger partial charge in [-0.15, -0.1) is 11.3 Å². The lowest BCUT2D eigenvalue weighted by Crippen LogP contribution is -2.36. The second-order valence-corrected chi connectivity index (χ2v) is 5.48. The molecular formula is C16H13N4S+. The Morgan fingerprint density at radius 3 is 2.71 bits per heavy atom.